The van der Waals surface area contributed by atoms with E-state index in [2.05, 4.69) is 5.32 Å². The van der Waals surface area contributed by atoms with Gasteiger partial charge >= 0.3 is 0 Å². The fourth-order valence-corrected chi connectivity index (χ4v) is 2.49. The van der Waals surface area contributed by atoms with Crippen molar-refractivity contribution < 1.29 is 14.3 Å². The number of nitrogens with one attached hydrogen (secondary N) is 1. The molecular formula is C17H17Cl2NO3. The van der Waals surface area contributed by atoms with Crippen LogP contribution in [0.4, 0.5) is 0 Å². The summed E-state index contributed by atoms with van der Waals surface area (Å²) in [5.74, 6) is 1.33. The Kier molecular flexibility index (Phi) is 6.56. The topological polar surface area (TPSA) is 47.6 Å². The Morgan fingerprint density at radius 3 is 2.26 bits per heavy atom. The highest BCUT2D eigenvalue weighted by molar-refractivity contribution is 6.36. The minimum absolute atomic E-state index is 0.140. The van der Waals surface area contributed by atoms with Crippen molar-refractivity contribution in [3.8, 4) is 11.5 Å². The first-order valence-corrected chi connectivity index (χ1v) is 7.82. The zero-order chi connectivity index (χ0) is 16.7. The van der Waals surface area contributed by atoms with E-state index < -0.39 is 0 Å². The van der Waals surface area contributed by atoms with E-state index in [0.29, 0.717) is 34.5 Å². The first-order valence-electron chi connectivity index (χ1n) is 7.06. The van der Waals surface area contributed by atoms with Gasteiger partial charge in [-0.25, -0.2) is 0 Å². The quantitative estimate of drug-likeness (QED) is 0.771. The SMILES string of the molecule is COc1ccc(OCCNC(=O)Cc2c(Cl)cccc2Cl)cc1. The molecule has 0 aromatic heterocycles. The first-order chi connectivity index (χ1) is 11.1. The summed E-state index contributed by atoms with van der Waals surface area (Å²) in [6.07, 6.45) is 0.140. The van der Waals surface area contributed by atoms with Crippen LogP contribution in [-0.4, -0.2) is 26.2 Å². The van der Waals surface area contributed by atoms with Crippen LogP contribution in [0.2, 0.25) is 10.0 Å². The fraction of sp³-hybridized carbons (Fsp3) is 0.235. The Bertz CT molecular complexity index is 639. The lowest BCUT2D eigenvalue weighted by Crippen LogP contribution is -2.29. The molecule has 0 fully saturated rings. The lowest BCUT2D eigenvalue weighted by Gasteiger charge is -2.09. The Morgan fingerprint density at radius 1 is 1.04 bits per heavy atom. The first kappa shape index (κ1) is 17.4. The molecule has 4 nitrogen and oxygen atoms in total. The highest BCUT2D eigenvalue weighted by Gasteiger charge is 2.10. The number of rotatable bonds is 7. The van der Waals surface area contributed by atoms with E-state index in [1.807, 2.05) is 24.3 Å². The van der Waals surface area contributed by atoms with E-state index in [1.165, 1.54) is 0 Å². The van der Waals surface area contributed by atoms with E-state index in [0.717, 1.165) is 5.75 Å². The number of amides is 1. The molecule has 1 N–H and O–H groups in total. The Balaban J connectivity index is 1.74. The van der Waals surface area contributed by atoms with Crippen LogP contribution < -0.4 is 14.8 Å². The third kappa shape index (κ3) is 5.34. The average Bonchev–Trinajstić information content (AvgIpc) is 2.56. The molecule has 0 aliphatic rings. The minimum atomic E-state index is -0.154. The van der Waals surface area contributed by atoms with Gasteiger partial charge in [0.25, 0.3) is 0 Å². The van der Waals surface area contributed by atoms with Gasteiger partial charge in [-0.3, -0.25) is 4.79 Å². The van der Waals surface area contributed by atoms with Gasteiger partial charge in [0.1, 0.15) is 18.1 Å². The largest absolute Gasteiger partial charge is 0.497 e. The molecule has 2 aromatic rings. The van der Waals surface area contributed by atoms with Crippen LogP contribution in [0.25, 0.3) is 0 Å². The van der Waals surface area contributed by atoms with Gasteiger partial charge in [0.05, 0.1) is 20.1 Å². The second-order valence-electron chi connectivity index (χ2n) is 4.75. The Labute approximate surface area is 145 Å². The number of ether oxygens (including phenoxy) is 2. The molecule has 0 saturated carbocycles. The molecule has 0 radical (unpaired) electrons. The maximum atomic E-state index is 11.9. The smallest absolute Gasteiger partial charge is 0.224 e. The lowest BCUT2D eigenvalue weighted by molar-refractivity contribution is -0.120. The predicted molar refractivity (Wildman–Crippen MR) is 91.7 cm³/mol. The van der Waals surface area contributed by atoms with E-state index in [9.17, 15) is 4.79 Å². The molecule has 0 bridgehead atoms. The van der Waals surface area contributed by atoms with Gasteiger partial charge in [-0.1, -0.05) is 29.3 Å². The molecule has 23 heavy (non-hydrogen) atoms. The molecule has 2 rings (SSSR count). The number of carbonyl (C=O) groups excluding carboxylic acids is 1. The molecule has 0 aliphatic heterocycles. The summed E-state index contributed by atoms with van der Waals surface area (Å²) in [6.45, 7) is 0.765. The molecule has 0 unspecified atom stereocenters. The van der Waals surface area contributed by atoms with Gasteiger partial charge in [-0.15, -0.1) is 0 Å². The summed E-state index contributed by atoms with van der Waals surface area (Å²) in [7, 11) is 1.61. The van der Waals surface area contributed by atoms with E-state index in [-0.39, 0.29) is 12.3 Å². The van der Waals surface area contributed by atoms with Gasteiger partial charge < -0.3 is 14.8 Å². The third-order valence-corrected chi connectivity index (χ3v) is 3.86. The summed E-state index contributed by atoms with van der Waals surface area (Å²) >= 11 is 12.1. The standard InChI is InChI=1S/C17H17Cl2NO3/c1-22-12-5-7-13(8-6-12)23-10-9-20-17(21)11-14-15(18)3-2-4-16(14)19/h2-8H,9-11H2,1H3,(H,20,21). The molecule has 6 heteroatoms. The number of hydrogen-bond acceptors (Lipinski definition) is 3. The van der Waals surface area contributed by atoms with Crippen LogP contribution in [0.15, 0.2) is 42.5 Å². The van der Waals surface area contributed by atoms with E-state index in [4.69, 9.17) is 32.7 Å². The van der Waals surface area contributed by atoms with E-state index in [1.54, 1.807) is 25.3 Å². The molecule has 0 spiro atoms. The second-order valence-corrected chi connectivity index (χ2v) is 5.57. The molecule has 2 aromatic carbocycles. The zero-order valence-electron chi connectivity index (χ0n) is 12.6. The summed E-state index contributed by atoms with van der Waals surface area (Å²) in [5, 5.41) is 3.75. The summed E-state index contributed by atoms with van der Waals surface area (Å²) < 4.78 is 10.6. The average molecular weight is 354 g/mol. The number of methoxy groups -OCH3 is 1. The molecule has 0 aliphatic carbocycles. The van der Waals surface area contributed by atoms with Crippen molar-refractivity contribution in [3.63, 3.8) is 0 Å². The van der Waals surface area contributed by atoms with Gasteiger partial charge in [-0.2, -0.15) is 0 Å². The van der Waals surface area contributed by atoms with Crippen LogP contribution in [0.5, 0.6) is 11.5 Å². The zero-order valence-corrected chi connectivity index (χ0v) is 14.2. The third-order valence-electron chi connectivity index (χ3n) is 3.15. The van der Waals surface area contributed by atoms with Crippen molar-refractivity contribution in [3.05, 3.63) is 58.1 Å². The van der Waals surface area contributed by atoms with Gasteiger partial charge in [0, 0.05) is 10.0 Å². The second kappa shape index (κ2) is 8.65. The monoisotopic (exact) mass is 353 g/mol. The van der Waals surface area contributed by atoms with Crippen molar-refractivity contribution in [2.45, 2.75) is 6.42 Å². The molecule has 0 heterocycles. The number of hydrogen-bond donors (Lipinski definition) is 1. The molecule has 0 saturated heterocycles. The predicted octanol–water partition coefficient (Wildman–Crippen LogP) is 3.74. The summed E-state index contributed by atoms with van der Waals surface area (Å²) in [4.78, 5) is 11.9. The lowest BCUT2D eigenvalue weighted by atomic mass is 10.1. The number of carbonyl (C=O) groups is 1. The summed E-state index contributed by atoms with van der Waals surface area (Å²) in [5.41, 5.74) is 0.629. The van der Waals surface area contributed by atoms with Crippen LogP contribution >= 0.6 is 23.2 Å². The molecular weight excluding hydrogens is 337 g/mol. The molecule has 1 amide bonds. The van der Waals surface area contributed by atoms with Gasteiger partial charge in [-0.05, 0) is 42.0 Å². The Morgan fingerprint density at radius 2 is 1.65 bits per heavy atom. The van der Waals surface area contributed by atoms with Crippen molar-refractivity contribution in [2.75, 3.05) is 20.3 Å². The van der Waals surface area contributed by atoms with Crippen molar-refractivity contribution >= 4 is 29.1 Å². The Hall–Kier alpha value is -1.91. The highest BCUT2D eigenvalue weighted by Crippen LogP contribution is 2.24. The van der Waals surface area contributed by atoms with Crippen molar-refractivity contribution in [1.82, 2.24) is 5.32 Å². The molecule has 122 valence electrons. The number of halogens is 2. The van der Waals surface area contributed by atoms with Crippen LogP contribution in [0, 0.1) is 0 Å². The van der Waals surface area contributed by atoms with Gasteiger partial charge in [0.15, 0.2) is 0 Å². The van der Waals surface area contributed by atoms with Crippen LogP contribution in [0.1, 0.15) is 5.56 Å². The number of benzene rings is 2. The normalized spacial score (nSPS) is 10.2. The highest BCUT2D eigenvalue weighted by atomic mass is 35.5. The summed E-state index contributed by atoms with van der Waals surface area (Å²) in [6, 6.07) is 12.4. The van der Waals surface area contributed by atoms with Crippen molar-refractivity contribution in [1.29, 1.82) is 0 Å². The van der Waals surface area contributed by atoms with E-state index >= 15 is 0 Å². The van der Waals surface area contributed by atoms with Crippen LogP contribution in [0.3, 0.4) is 0 Å². The molecule has 0 atom stereocenters. The maximum Gasteiger partial charge on any atom is 0.224 e. The van der Waals surface area contributed by atoms with Crippen LogP contribution in [-0.2, 0) is 11.2 Å². The fourth-order valence-electron chi connectivity index (χ4n) is 1.96. The van der Waals surface area contributed by atoms with Gasteiger partial charge in [0.2, 0.25) is 5.91 Å². The minimum Gasteiger partial charge on any atom is -0.497 e. The maximum absolute atomic E-state index is 11.9. The van der Waals surface area contributed by atoms with Crippen molar-refractivity contribution in [2.24, 2.45) is 0 Å².